The molecule has 0 saturated carbocycles. The Bertz CT molecular complexity index is 1160. The largest absolute Gasteiger partial charge is 0.339 e. The minimum atomic E-state index is -0.711. The van der Waals surface area contributed by atoms with Gasteiger partial charge < -0.3 is 14.0 Å². The second-order valence-corrected chi connectivity index (χ2v) is 6.97. The van der Waals surface area contributed by atoms with E-state index in [2.05, 4.69) is 15.1 Å². The number of nitrogens with one attached hydrogen (secondary N) is 1. The predicted octanol–water partition coefficient (Wildman–Crippen LogP) is 1.28. The van der Waals surface area contributed by atoms with E-state index < -0.39 is 17.2 Å². The molecule has 4 rings (SSSR count). The van der Waals surface area contributed by atoms with Crippen LogP contribution in [0.3, 0.4) is 0 Å². The fourth-order valence-corrected chi connectivity index (χ4v) is 3.37. The summed E-state index contributed by atoms with van der Waals surface area (Å²) in [7, 11) is 1.46. The third-order valence-corrected chi connectivity index (χ3v) is 4.94. The summed E-state index contributed by atoms with van der Waals surface area (Å²) in [6.45, 7) is 0.794. The molecule has 0 bridgehead atoms. The highest BCUT2D eigenvalue weighted by Gasteiger charge is 2.30. The molecule has 0 aliphatic carbocycles. The number of aromatic amines is 1. The van der Waals surface area contributed by atoms with Crippen LogP contribution in [-0.2, 0) is 7.05 Å². The normalized spacial score (nSPS) is 16.8. The van der Waals surface area contributed by atoms with Crippen LogP contribution in [0, 0.1) is 5.82 Å². The molecule has 29 heavy (non-hydrogen) atoms. The minimum Gasteiger partial charge on any atom is -0.339 e. The summed E-state index contributed by atoms with van der Waals surface area (Å²) in [5.74, 6) is -0.257. The van der Waals surface area contributed by atoms with Crippen LogP contribution >= 0.6 is 0 Å². The average molecular weight is 399 g/mol. The number of carbonyl (C=O) groups excluding carboxylic acids is 1. The van der Waals surface area contributed by atoms with Crippen molar-refractivity contribution in [3.05, 3.63) is 68.6 Å². The van der Waals surface area contributed by atoms with Crippen molar-refractivity contribution in [1.82, 2.24) is 24.6 Å². The number of aryl methyl sites for hydroxylation is 1. The summed E-state index contributed by atoms with van der Waals surface area (Å²) < 4.78 is 19.6. The molecule has 1 aliphatic heterocycles. The second kappa shape index (κ2) is 7.46. The van der Waals surface area contributed by atoms with Gasteiger partial charge in [-0.05, 0) is 37.1 Å². The lowest BCUT2D eigenvalue weighted by atomic mass is 9.97. The molecule has 1 aliphatic rings. The van der Waals surface area contributed by atoms with Gasteiger partial charge in [0.2, 0.25) is 11.7 Å². The maximum atomic E-state index is 13.1. The van der Waals surface area contributed by atoms with Gasteiger partial charge in [0.25, 0.3) is 11.5 Å². The van der Waals surface area contributed by atoms with Crippen LogP contribution in [0.5, 0.6) is 0 Å². The quantitative estimate of drug-likeness (QED) is 0.710. The van der Waals surface area contributed by atoms with Crippen LogP contribution in [0.1, 0.15) is 35.0 Å². The number of benzene rings is 1. The summed E-state index contributed by atoms with van der Waals surface area (Å²) in [6, 6.07) is 5.76. The van der Waals surface area contributed by atoms with Gasteiger partial charge >= 0.3 is 5.69 Å². The first-order valence-corrected chi connectivity index (χ1v) is 9.11. The van der Waals surface area contributed by atoms with Crippen molar-refractivity contribution in [2.24, 2.45) is 7.05 Å². The Labute approximate surface area is 163 Å². The third kappa shape index (κ3) is 3.73. The molecule has 1 aromatic carbocycles. The molecule has 1 atom stereocenters. The number of likely N-dealkylation sites (tertiary alicyclic amines) is 1. The molecule has 2 aromatic heterocycles. The van der Waals surface area contributed by atoms with Gasteiger partial charge in [-0.2, -0.15) is 4.98 Å². The molecule has 3 aromatic rings. The van der Waals surface area contributed by atoms with Crippen LogP contribution in [0.25, 0.3) is 11.4 Å². The number of halogens is 1. The van der Waals surface area contributed by atoms with E-state index in [1.54, 1.807) is 17.0 Å². The Morgan fingerprint density at radius 2 is 2.03 bits per heavy atom. The molecule has 1 amide bonds. The van der Waals surface area contributed by atoms with Crippen molar-refractivity contribution in [1.29, 1.82) is 0 Å². The topological polar surface area (TPSA) is 114 Å². The molecule has 1 fully saturated rings. The standard InChI is InChI=1S/C19H18FN5O4/c1-24-10-14(16(26)22-19(24)28)18(27)25-8-2-3-12(9-25)17-21-15(23-29-17)11-4-6-13(20)7-5-11/h4-7,10,12H,2-3,8-9H2,1H3,(H,22,26,28). The number of H-pyrrole nitrogens is 1. The third-order valence-electron chi connectivity index (χ3n) is 4.94. The van der Waals surface area contributed by atoms with E-state index in [-0.39, 0.29) is 17.3 Å². The molecule has 0 radical (unpaired) electrons. The number of hydrogen-bond donors (Lipinski definition) is 1. The first kappa shape index (κ1) is 18.8. The lowest BCUT2D eigenvalue weighted by molar-refractivity contribution is 0.0692. The Hall–Kier alpha value is -3.56. The average Bonchev–Trinajstić information content (AvgIpc) is 3.21. The molecule has 150 valence electrons. The van der Waals surface area contributed by atoms with E-state index in [4.69, 9.17) is 4.52 Å². The molecule has 1 N–H and O–H groups in total. The SMILES string of the molecule is Cn1cc(C(=O)N2CCCC(c3nc(-c4ccc(F)cc4)no3)C2)c(=O)[nH]c1=O. The van der Waals surface area contributed by atoms with Crippen molar-refractivity contribution in [3.8, 4) is 11.4 Å². The van der Waals surface area contributed by atoms with Crippen molar-refractivity contribution >= 4 is 5.91 Å². The maximum Gasteiger partial charge on any atom is 0.328 e. The van der Waals surface area contributed by atoms with Crippen LogP contribution in [-0.4, -0.2) is 43.6 Å². The summed E-state index contributed by atoms with van der Waals surface area (Å²) >= 11 is 0. The van der Waals surface area contributed by atoms with Crippen LogP contribution < -0.4 is 11.2 Å². The number of rotatable bonds is 3. The van der Waals surface area contributed by atoms with E-state index in [9.17, 15) is 18.8 Å². The zero-order chi connectivity index (χ0) is 20.5. The summed E-state index contributed by atoms with van der Waals surface area (Å²) in [5, 5.41) is 3.95. The first-order valence-electron chi connectivity index (χ1n) is 9.11. The highest BCUT2D eigenvalue weighted by atomic mass is 19.1. The van der Waals surface area contributed by atoms with Crippen LogP contribution in [0.4, 0.5) is 4.39 Å². The predicted molar refractivity (Wildman–Crippen MR) is 99.9 cm³/mol. The van der Waals surface area contributed by atoms with Gasteiger partial charge in [-0.3, -0.25) is 14.6 Å². The van der Waals surface area contributed by atoms with E-state index in [1.165, 1.54) is 25.4 Å². The Morgan fingerprint density at radius 1 is 1.28 bits per heavy atom. The smallest absolute Gasteiger partial charge is 0.328 e. The number of carbonyl (C=O) groups is 1. The lowest BCUT2D eigenvalue weighted by Gasteiger charge is -2.30. The molecule has 10 heteroatoms. The van der Waals surface area contributed by atoms with Crippen molar-refractivity contribution in [2.45, 2.75) is 18.8 Å². The monoisotopic (exact) mass is 399 g/mol. The zero-order valence-corrected chi connectivity index (χ0v) is 15.6. The van der Waals surface area contributed by atoms with Gasteiger partial charge in [0.05, 0.1) is 5.92 Å². The lowest BCUT2D eigenvalue weighted by Crippen LogP contribution is -2.43. The molecule has 0 spiro atoms. The van der Waals surface area contributed by atoms with E-state index in [0.717, 1.165) is 11.0 Å². The molecule has 1 unspecified atom stereocenters. The van der Waals surface area contributed by atoms with Crippen LogP contribution in [0.2, 0.25) is 0 Å². The Balaban J connectivity index is 1.54. The number of nitrogens with zero attached hydrogens (tertiary/aromatic N) is 4. The highest BCUT2D eigenvalue weighted by Crippen LogP contribution is 2.28. The van der Waals surface area contributed by atoms with Gasteiger partial charge in [0.1, 0.15) is 11.4 Å². The first-order chi connectivity index (χ1) is 13.9. The van der Waals surface area contributed by atoms with Gasteiger partial charge in [0, 0.05) is 31.9 Å². The molecule has 1 saturated heterocycles. The van der Waals surface area contributed by atoms with Crippen molar-refractivity contribution in [3.63, 3.8) is 0 Å². The molecular formula is C19H18FN5O4. The second-order valence-electron chi connectivity index (χ2n) is 6.97. The molecule has 3 heterocycles. The summed E-state index contributed by atoms with van der Waals surface area (Å²) in [5.41, 5.74) is -0.758. The highest BCUT2D eigenvalue weighted by molar-refractivity contribution is 5.93. The Kier molecular flexibility index (Phi) is 4.83. The van der Waals surface area contributed by atoms with Crippen molar-refractivity contribution in [2.75, 3.05) is 13.1 Å². The molecular weight excluding hydrogens is 381 g/mol. The van der Waals surface area contributed by atoms with E-state index >= 15 is 0 Å². The number of piperidine rings is 1. The van der Waals surface area contributed by atoms with Gasteiger partial charge in [-0.1, -0.05) is 5.16 Å². The van der Waals surface area contributed by atoms with Crippen molar-refractivity contribution < 1.29 is 13.7 Å². The van der Waals surface area contributed by atoms with Gasteiger partial charge in [0.15, 0.2) is 0 Å². The fraction of sp³-hybridized carbons (Fsp3) is 0.316. The fourth-order valence-electron chi connectivity index (χ4n) is 3.37. The summed E-state index contributed by atoms with van der Waals surface area (Å²) in [6.07, 6.45) is 2.69. The Morgan fingerprint density at radius 3 is 2.79 bits per heavy atom. The zero-order valence-electron chi connectivity index (χ0n) is 15.6. The van der Waals surface area contributed by atoms with Crippen LogP contribution in [0.15, 0.2) is 44.6 Å². The van der Waals surface area contributed by atoms with E-state index in [0.29, 0.717) is 36.8 Å². The molecule has 9 nitrogen and oxygen atoms in total. The summed E-state index contributed by atoms with van der Waals surface area (Å²) in [4.78, 5) is 44.4. The van der Waals surface area contributed by atoms with Gasteiger partial charge in [-0.25, -0.2) is 9.18 Å². The maximum absolute atomic E-state index is 13.1. The number of hydrogen-bond acceptors (Lipinski definition) is 6. The number of aromatic nitrogens is 4. The van der Waals surface area contributed by atoms with Gasteiger partial charge in [-0.15, -0.1) is 0 Å². The minimum absolute atomic E-state index is 0.0923. The number of amides is 1. The van der Waals surface area contributed by atoms with E-state index in [1.807, 2.05) is 0 Å².